The summed E-state index contributed by atoms with van der Waals surface area (Å²) in [6.07, 6.45) is 0. The summed E-state index contributed by atoms with van der Waals surface area (Å²) >= 11 is 9.85. The van der Waals surface area contributed by atoms with E-state index in [-0.39, 0.29) is 0 Å². The average Bonchev–Trinajstić information content (AvgIpc) is 2.62. The van der Waals surface area contributed by atoms with Gasteiger partial charge in [-0.05, 0) is 41.5 Å². The molecule has 0 atom stereocenters. The Labute approximate surface area is 154 Å². The molecule has 0 amide bonds. The molecule has 1 heterocycles. The molecule has 24 heavy (non-hydrogen) atoms. The van der Waals surface area contributed by atoms with Crippen molar-refractivity contribution in [1.29, 1.82) is 0 Å². The second-order valence-electron chi connectivity index (χ2n) is 5.56. The minimum absolute atomic E-state index is 0.718. The molecule has 1 nitrogen and oxygen atoms in total. The van der Waals surface area contributed by atoms with Crippen molar-refractivity contribution < 1.29 is 0 Å². The number of fused-ring (bicyclic) bond motifs is 1. The quantitative estimate of drug-likeness (QED) is 0.357. The van der Waals surface area contributed by atoms with Gasteiger partial charge in [0.25, 0.3) is 0 Å². The van der Waals surface area contributed by atoms with Crippen molar-refractivity contribution in [3.05, 3.63) is 88.4 Å². The number of hydrogen-bond acceptors (Lipinski definition) is 1. The number of halogens is 2. The van der Waals surface area contributed by atoms with Gasteiger partial charge >= 0.3 is 0 Å². The van der Waals surface area contributed by atoms with E-state index < -0.39 is 0 Å². The molecule has 0 radical (unpaired) electrons. The molecule has 4 aromatic rings. The normalized spacial score (nSPS) is 10.9. The number of nitrogens with zero attached hydrogens (tertiary/aromatic N) is 1. The number of benzene rings is 3. The first-order valence-corrected chi connectivity index (χ1v) is 8.80. The summed E-state index contributed by atoms with van der Waals surface area (Å²) in [5.41, 5.74) is 5.24. The molecule has 1 aromatic heterocycles. The van der Waals surface area contributed by atoms with Gasteiger partial charge in [-0.25, -0.2) is 4.98 Å². The summed E-state index contributed by atoms with van der Waals surface area (Å²) in [4.78, 5) is 4.84. The van der Waals surface area contributed by atoms with E-state index in [4.69, 9.17) is 16.6 Å². The fourth-order valence-electron chi connectivity index (χ4n) is 2.86. The second kappa shape index (κ2) is 6.39. The lowest BCUT2D eigenvalue weighted by atomic mass is 9.98. The van der Waals surface area contributed by atoms with Gasteiger partial charge in [0.05, 0.1) is 11.2 Å². The smallest absolute Gasteiger partial charge is 0.0727 e. The van der Waals surface area contributed by atoms with Gasteiger partial charge in [0.1, 0.15) is 0 Å². The van der Waals surface area contributed by atoms with Crippen LogP contribution >= 0.6 is 27.5 Å². The van der Waals surface area contributed by atoms with Crippen molar-refractivity contribution in [2.75, 3.05) is 0 Å². The highest BCUT2D eigenvalue weighted by atomic mass is 79.9. The van der Waals surface area contributed by atoms with Crippen LogP contribution in [0.2, 0.25) is 5.02 Å². The van der Waals surface area contributed by atoms with Gasteiger partial charge in [-0.1, -0.05) is 76.1 Å². The lowest BCUT2D eigenvalue weighted by molar-refractivity contribution is 1.39. The van der Waals surface area contributed by atoms with Crippen LogP contribution in [-0.2, 0) is 0 Å². The van der Waals surface area contributed by atoms with Crippen LogP contribution in [0.15, 0.2) is 83.3 Å². The third-order valence-electron chi connectivity index (χ3n) is 4.01. The molecule has 116 valence electrons. The zero-order valence-corrected chi connectivity index (χ0v) is 15.1. The Kier molecular flexibility index (Phi) is 4.09. The van der Waals surface area contributed by atoms with Gasteiger partial charge in [0.15, 0.2) is 0 Å². The molecule has 0 aliphatic carbocycles. The van der Waals surface area contributed by atoms with Gasteiger partial charge in [-0.2, -0.15) is 0 Å². The zero-order valence-electron chi connectivity index (χ0n) is 12.7. The second-order valence-corrected chi connectivity index (χ2v) is 6.85. The van der Waals surface area contributed by atoms with Crippen molar-refractivity contribution in [3.8, 4) is 22.4 Å². The highest BCUT2D eigenvalue weighted by molar-refractivity contribution is 9.10. The standard InChI is InChI=1S/C21H13BrClN/c22-19-9-5-4-8-16(19)21-13-17(14-6-2-1-3-7-14)18-12-15(23)10-11-20(18)24-21/h1-13H. The van der Waals surface area contributed by atoms with Crippen LogP contribution in [0.1, 0.15) is 0 Å². The molecule has 0 fully saturated rings. The number of pyridine rings is 1. The highest BCUT2D eigenvalue weighted by Gasteiger charge is 2.11. The number of rotatable bonds is 2. The lowest BCUT2D eigenvalue weighted by Crippen LogP contribution is -1.90. The molecule has 0 spiro atoms. The van der Waals surface area contributed by atoms with Crippen LogP contribution in [-0.4, -0.2) is 4.98 Å². The highest BCUT2D eigenvalue weighted by Crippen LogP contribution is 2.35. The van der Waals surface area contributed by atoms with Crippen LogP contribution in [0.25, 0.3) is 33.3 Å². The first-order chi connectivity index (χ1) is 11.7. The summed E-state index contributed by atoms with van der Waals surface area (Å²) in [6.45, 7) is 0. The fraction of sp³-hybridized carbons (Fsp3) is 0. The minimum atomic E-state index is 0.718. The Morgan fingerprint density at radius 3 is 2.29 bits per heavy atom. The monoisotopic (exact) mass is 393 g/mol. The van der Waals surface area contributed by atoms with E-state index in [1.54, 1.807) is 0 Å². The van der Waals surface area contributed by atoms with Gasteiger partial charge in [0.2, 0.25) is 0 Å². The van der Waals surface area contributed by atoms with Crippen LogP contribution in [0.3, 0.4) is 0 Å². The Balaban J connectivity index is 2.05. The van der Waals surface area contributed by atoms with Crippen molar-refractivity contribution >= 4 is 38.4 Å². The van der Waals surface area contributed by atoms with Crippen molar-refractivity contribution in [2.24, 2.45) is 0 Å². The molecule has 0 saturated heterocycles. The van der Waals surface area contributed by atoms with Gasteiger partial charge in [-0.3, -0.25) is 0 Å². The Morgan fingerprint density at radius 2 is 1.50 bits per heavy atom. The van der Waals surface area contributed by atoms with E-state index in [1.165, 1.54) is 0 Å². The van der Waals surface area contributed by atoms with Gasteiger partial charge < -0.3 is 0 Å². The zero-order chi connectivity index (χ0) is 16.5. The maximum atomic E-state index is 6.22. The molecule has 0 bridgehead atoms. The molecule has 0 saturated carbocycles. The minimum Gasteiger partial charge on any atom is -0.248 e. The van der Waals surface area contributed by atoms with E-state index in [1.807, 2.05) is 54.6 Å². The molecule has 0 unspecified atom stereocenters. The summed E-state index contributed by atoms with van der Waals surface area (Å²) in [7, 11) is 0. The Morgan fingerprint density at radius 1 is 0.750 bits per heavy atom. The Bertz CT molecular complexity index is 1030. The van der Waals surface area contributed by atoms with E-state index >= 15 is 0 Å². The van der Waals surface area contributed by atoms with E-state index in [0.29, 0.717) is 0 Å². The first-order valence-electron chi connectivity index (χ1n) is 7.63. The number of hydrogen-bond donors (Lipinski definition) is 0. The van der Waals surface area contributed by atoms with E-state index in [0.717, 1.165) is 42.8 Å². The SMILES string of the molecule is Clc1ccc2nc(-c3ccccc3Br)cc(-c3ccccc3)c2c1. The van der Waals surface area contributed by atoms with Gasteiger partial charge in [-0.15, -0.1) is 0 Å². The summed E-state index contributed by atoms with van der Waals surface area (Å²) in [5, 5.41) is 1.78. The third kappa shape index (κ3) is 2.83. The molecular formula is C21H13BrClN. The molecule has 0 N–H and O–H groups in total. The fourth-order valence-corrected chi connectivity index (χ4v) is 3.52. The first kappa shape index (κ1) is 15.4. The van der Waals surface area contributed by atoms with Crippen LogP contribution < -0.4 is 0 Å². The molecule has 0 aliphatic heterocycles. The Hall–Kier alpha value is -2.16. The van der Waals surface area contributed by atoms with Crippen LogP contribution in [0.5, 0.6) is 0 Å². The summed E-state index contributed by atoms with van der Waals surface area (Å²) in [5.74, 6) is 0. The number of aromatic nitrogens is 1. The largest absolute Gasteiger partial charge is 0.248 e. The summed E-state index contributed by atoms with van der Waals surface area (Å²) < 4.78 is 1.03. The van der Waals surface area contributed by atoms with Crippen LogP contribution in [0.4, 0.5) is 0 Å². The maximum Gasteiger partial charge on any atom is 0.0727 e. The molecule has 4 rings (SSSR count). The molecule has 3 aromatic carbocycles. The van der Waals surface area contributed by atoms with Crippen molar-refractivity contribution in [3.63, 3.8) is 0 Å². The van der Waals surface area contributed by atoms with Gasteiger partial charge in [0, 0.05) is 20.4 Å². The topological polar surface area (TPSA) is 12.9 Å². The molecule has 0 aliphatic rings. The van der Waals surface area contributed by atoms with E-state index in [9.17, 15) is 0 Å². The maximum absolute atomic E-state index is 6.22. The molecular weight excluding hydrogens is 382 g/mol. The predicted molar refractivity (Wildman–Crippen MR) is 105 cm³/mol. The van der Waals surface area contributed by atoms with E-state index in [2.05, 4.69) is 40.2 Å². The molecule has 3 heteroatoms. The average molecular weight is 395 g/mol. The summed E-state index contributed by atoms with van der Waals surface area (Å²) in [6, 6.07) is 26.4. The lowest BCUT2D eigenvalue weighted by Gasteiger charge is -2.11. The third-order valence-corrected chi connectivity index (χ3v) is 4.93. The predicted octanol–water partition coefficient (Wildman–Crippen LogP) is 6.98. The van der Waals surface area contributed by atoms with Crippen molar-refractivity contribution in [1.82, 2.24) is 4.98 Å². The van der Waals surface area contributed by atoms with Crippen LogP contribution in [0, 0.1) is 0 Å². The van der Waals surface area contributed by atoms with Crippen molar-refractivity contribution in [2.45, 2.75) is 0 Å².